The van der Waals surface area contributed by atoms with Crippen molar-refractivity contribution < 1.29 is 4.74 Å². The molecule has 0 aromatic heterocycles. The van der Waals surface area contributed by atoms with E-state index in [1.54, 1.807) is 0 Å². The van der Waals surface area contributed by atoms with Crippen molar-refractivity contribution in [3.05, 3.63) is 0 Å². The van der Waals surface area contributed by atoms with Crippen LogP contribution in [0.2, 0.25) is 0 Å². The zero-order valence-electron chi connectivity index (χ0n) is 9.61. The van der Waals surface area contributed by atoms with Crippen molar-refractivity contribution in [2.75, 3.05) is 13.7 Å². The van der Waals surface area contributed by atoms with Crippen LogP contribution in [0.25, 0.3) is 0 Å². The minimum absolute atomic E-state index is 0.0347. The summed E-state index contributed by atoms with van der Waals surface area (Å²) in [5, 5.41) is 3.54. The third-order valence-corrected chi connectivity index (χ3v) is 3.79. The largest absolute Gasteiger partial charge is 0.378 e. The Morgan fingerprint density at radius 3 is 2.46 bits per heavy atom. The standard InChI is InChI=1S/C11H23NO/c1-6-11(4,13-5)9-7-8-12-10(9,2)3/h9,12H,6-8H2,1-5H3. The normalized spacial score (nSPS) is 31.6. The van der Waals surface area contributed by atoms with Gasteiger partial charge in [-0.1, -0.05) is 6.92 Å². The Balaban J connectivity index is 2.80. The molecule has 0 aromatic carbocycles. The molecule has 13 heavy (non-hydrogen) atoms. The Bertz CT molecular complexity index is 173. The van der Waals surface area contributed by atoms with Crippen LogP contribution in [0.3, 0.4) is 0 Å². The first-order valence-electron chi connectivity index (χ1n) is 5.26. The van der Waals surface area contributed by atoms with Gasteiger partial charge >= 0.3 is 0 Å². The number of nitrogens with one attached hydrogen (secondary N) is 1. The fourth-order valence-corrected chi connectivity index (χ4v) is 2.62. The van der Waals surface area contributed by atoms with Gasteiger partial charge in [-0.25, -0.2) is 0 Å². The Labute approximate surface area is 82.0 Å². The van der Waals surface area contributed by atoms with Gasteiger partial charge in [0.15, 0.2) is 0 Å². The van der Waals surface area contributed by atoms with Crippen molar-refractivity contribution in [1.82, 2.24) is 5.32 Å². The van der Waals surface area contributed by atoms with Crippen molar-refractivity contribution in [1.29, 1.82) is 0 Å². The SMILES string of the molecule is CCC(C)(OC)C1CCNC1(C)C. The molecule has 0 amide bonds. The first kappa shape index (κ1) is 11.0. The number of hydrogen-bond donors (Lipinski definition) is 1. The summed E-state index contributed by atoms with van der Waals surface area (Å²) in [4.78, 5) is 0. The maximum absolute atomic E-state index is 5.67. The van der Waals surface area contributed by atoms with Gasteiger partial charge in [-0.05, 0) is 40.2 Å². The Hall–Kier alpha value is -0.0800. The Morgan fingerprint density at radius 2 is 2.15 bits per heavy atom. The van der Waals surface area contributed by atoms with Gasteiger partial charge in [0.2, 0.25) is 0 Å². The molecule has 0 aromatic rings. The van der Waals surface area contributed by atoms with Gasteiger partial charge in [0.25, 0.3) is 0 Å². The molecule has 2 atom stereocenters. The van der Waals surface area contributed by atoms with Crippen molar-refractivity contribution >= 4 is 0 Å². The maximum atomic E-state index is 5.67. The smallest absolute Gasteiger partial charge is 0.0694 e. The second-order valence-corrected chi connectivity index (χ2v) is 4.86. The summed E-state index contributed by atoms with van der Waals surface area (Å²) >= 11 is 0. The maximum Gasteiger partial charge on any atom is 0.0694 e. The Morgan fingerprint density at radius 1 is 1.54 bits per heavy atom. The second kappa shape index (κ2) is 3.58. The first-order valence-corrected chi connectivity index (χ1v) is 5.26. The molecule has 0 bridgehead atoms. The monoisotopic (exact) mass is 185 g/mol. The van der Waals surface area contributed by atoms with E-state index in [1.165, 1.54) is 6.42 Å². The number of rotatable bonds is 3. The quantitative estimate of drug-likeness (QED) is 0.727. The predicted octanol–water partition coefficient (Wildman–Crippen LogP) is 2.19. The van der Waals surface area contributed by atoms with E-state index in [4.69, 9.17) is 4.74 Å². The minimum atomic E-state index is 0.0347. The lowest BCUT2D eigenvalue weighted by Crippen LogP contribution is -2.49. The lowest BCUT2D eigenvalue weighted by atomic mass is 9.75. The average Bonchev–Trinajstić information content (AvgIpc) is 2.44. The summed E-state index contributed by atoms with van der Waals surface area (Å²) in [5.74, 6) is 0.620. The predicted molar refractivity (Wildman–Crippen MR) is 55.9 cm³/mol. The van der Waals surface area contributed by atoms with Gasteiger partial charge in [-0.2, -0.15) is 0 Å². The molecule has 2 unspecified atom stereocenters. The minimum Gasteiger partial charge on any atom is -0.378 e. The third-order valence-electron chi connectivity index (χ3n) is 3.79. The highest BCUT2D eigenvalue weighted by Crippen LogP contribution is 2.38. The van der Waals surface area contributed by atoms with Crippen LogP contribution in [0.15, 0.2) is 0 Å². The number of methoxy groups -OCH3 is 1. The van der Waals surface area contributed by atoms with Crippen molar-refractivity contribution in [2.24, 2.45) is 5.92 Å². The molecule has 1 aliphatic heterocycles. The number of hydrogen-bond acceptors (Lipinski definition) is 2. The van der Waals surface area contributed by atoms with Gasteiger partial charge in [0, 0.05) is 18.6 Å². The van der Waals surface area contributed by atoms with Gasteiger partial charge in [-0.3, -0.25) is 0 Å². The summed E-state index contributed by atoms with van der Waals surface area (Å²) in [6.45, 7) is 10.1. The van der Waals surface area contributed by atoms with Crippen LogP contribution in [0.1, 0.15) is 40.5 Å². The molecular weight excluding hydrogens is 162 g/mol. The van der Waals surface area contributed by atoms with Crippen LogP contribution in [0.4, 0.5) is 0 Å². The van der Waals surface area contributed by atoms with Gasteiger partial charge in [-0.15, -0.1) is 0 Å². The van der Waals surface area contributed by atoms with Gasteiger partial charge in [0.1, 0.15) is 0 Å². The van der Waals surface area contributed by atoms with E-state index in [0.717, 1.165) is 13.0 Å². The molecule has 1 rings (SSSR count). The highest BCUT2D eigenvalue weighted by Gasteiger charge is 2.45. The van der Waals surface area contributed by atoms with Crippen molar-refractivity contribution in [3.8, 4) is 0 Å². The van der Waals surface area contributed by atoms with Crippen LogP contribution in [-0.4, -0.2) is 24.8 Å². The van der Waals surface area contributed by atoms with Crippen LogP contribution in [0, 0.1) is 5.92 Å². The van der Waals surface area contributed by atoms with Crippen LogP contribution < -0.4 is 5.32 Å². The van der Waals surface area contributed by atoms with Gasteiger partial charge in [0.05, 0.1) is 5.60 Å². The molecule has 1 aliphatic rings. The van der Waals surface area contributed by atoms with Crippen LogP contribution in [-0.2, 0) is 4.74 Å². The van der Waals surface area contributed by atoms with E-state index in [0.29, 0.717) is 5.92 Å². The second-order valence-electron chi connectivity index (χ2n) is 4.86. The lowest BCUT2D eigenvalue weighted by Gasteiger charge is -2.40. The number of ether oxygens (including phenoxy) is 1. The zero-order chi connectivity index (χ0) is 10.1. The third kappa shape index (κ3) is 1.89. The summed E-state index contributed by atoms with van der Waals surface area (Å²) in [6, 6.07) is 0. The van der Waals surface area contributed by atoms with E-state index >= 15 is 0 Å². The fraction of sp³-hybridized carbons (Fsp3) is 1.00. The van der Waals surface area contributed by atoms with Crippen molar-refractivity contribution in [3.63, 3.8) is 0 Å². The molecule has 0 radical (unpaired) electrons. The fourth-order valence-electron chi connectivity index (χ4n) is 2.62. The first-order chi connectivity index (χ1) is 5.96. The Kier molecular flexibility index (Phi) is 3.03. The summed E-state index contributed by atoms with van der Waals surface area (Å²) in [6.07, 6.45) is 2.31. The van der Waals surface area contributed by atoms with E-state index in [2.05, 4.69) is 33.0 Å². The van der Waals surface area contributed by atoms with E-state index < -0.39 is 0 Å². The summed E-state index contributed by atoms with van der Waals surface area (Å²) in [5.41, 5.74) is 0.258. The average molecular weight is 185 g/mol. The molecule has 0 aliphatic carbocycles. The lowest BCUT2D eigenvalue weighted by molar-refractivity contribution is -0.0617. The molecule has 1 fully saturated rings. The van der Waals surface area contributed by atoms with Crippen LogP contribution in [0.5, 0.6) is 0 Å². The molecule has 1 heterocycles. The van der Waals surface area contributed by atoms with E-state index in [9.17, 15) is 0 Å². The molecule has 2 heteroatoms. The van der Waals surface area contributed by atoms with E-state index in [-0.39, 0.29) is 11.1 Å². The highest BCUT2D eigenvalue weighted by atomic mass is 16.5. The molecule has 0 spiro atoms. The van der Waals surface area contributed by atoms with Gasteiger partial charge < -0.3 is 10.1 Å². The molecule has 1 N–H and O–H groups in total. The summed E-state index contributed by atoms with van der Waals surface area (Å²) in [7, 11) is 1.83. The molecule has 0 saturated carbocycles. The molecule has 78 valence electrons. The zero-order valence-corrected chi connectivity index (χ0v) is 9.61. The van der Waals surface area contributed by atoms with E-state index in [1.807, 2.05) is 7.11 Å². The molecule has 1 saturated heterocycles. The topological polar surface area (TPSA) is 21.3 Å². The molecular formula is C11H23NO. The molecule has 2 nitrogen and oxygen atoms in total. The highest BCUT2D eigenvalue weighted by molar-refractivity contribution is 5.01. The van der Waals surface area contributed by atoms with Crippen LogP contribution >= 0.6 is 0 Å². The summed E-state index contributed by atoms with van der Waals surface area (Å²) < 4.78 is 5.67. The van der Waals surface area contributed by atoms with Crippen molar-refractivity contribution in [2.45, 2.75) is 51.7 Å².